The molecular formula is C19H24N4O6S. The fourth-order valence-corrected chi connectivity index (χ4v) is 3.19. The Morgan fingerprint density at radius 2 is 2.00 bits per heavy atom. The van der Waals surface area contributed by atoms with Crippen molar-refractivity contribution in [3.05, 3.63) is 47.9 Å². The van der Waals surface area contributed by atoms with Crippen molar-refractivity contribution in [2.24, 2.45) is 0 Å². The third kappa shape index (κ3) is 7.47. The summed E-state index contributed by atoms with van der Waals surface area (Å²) < 4.78 is 29.4. The number of aromatic nitrogens is 1. The zero-order valence-corrected chi connectivity index (χ0v) is 17.2. The van der Waals surface area contributed by atoms with Crippen molar-refractivity contribution in [2.75, 3.05) is 11.0 Å². The van der Waals surface area contributed by atoms with E-state index in [1.165, 1.54) is 0 Å². The summed E-state index contributed by atoms with van der Waals surface area (Å²) in [6, 6.07) is 9.84. The number of nitrogens with one attached hydrogen (secondary N) is 2. The molecule has 1 aromatic carbocycles. The molecule has 0 aliphatic rings. The van der Waals surface area contributed by atoms with E-state index in [2.05, 4.69) is 10.3 Å². The lowest BCUT2D eigenvalue weighted by Gasteiger charge is -2.27. The zero-order valence-electron chi connectivity index (χ0n) is 16.4. The van der Waals surface area contributed by atoms with Crippen LogP contribution in [0.5, 0.6) is 0 Å². The summed E-state index contributed by atoms with van der Waals surface area (Å²) in [5.74, 6) is -0.704. The molecule has 3 atom stereocenters. The van der Waals surface area contributed by atoms with E-state index < -0.39 is 34.2 Å². The Bertz CT molecular complexity index is 970. The second-order valence-corrected chi connectivity index (χ2v) is 8.54. The summed E-state index contributed by atoms with van der Waals surface area (Å²) in [5.41, 5.74) is 0.635. The first-order valence-corrected chi connectivity index (χ1v) is 11.1. The Hall–Kier alpha value is -2.94. The first-order valence-electron chi connectivity index (χ1n) is 9.21. The predicted molar refractivity (Wildman–Crippen MR) is 108 cm³/mol. The molecule has 0 bridgehead atoms. The molecule has 0 spiro atoms. The first-order chi connectivity index (χ1) is 14.2. The fraction of sp³-hybridized carbons (Fsp3) is 0.421. The normalized spacial score (nSPS) is 14.3. The topological polar surface area (TPSA) is 166 Å². The van der Waals surface area contributed by atoms with Gasteiger partial charge in [0, 0.05) is 6.42 Å². The standard InChI is InChI=1S/C19H24N4O6S/c1-30(27,28)23-19-22-15(12-29-19)18(26)21-14(11-13-7-3-2-4-8-13)17(25)16(24)9-5-6-10-20/h2-4,7-8,12,14,16-17,24-25H,5-6,9,11H2,1H3,(H,21,26)(H,22,23). The number of oxazole rings is 1. The molecule has 2 aromatic rings. The molecule has 4 N–H and O–H groups in total. The highest BCUT2D eigenvalue weighted by Gasteiger charge is 2.29. The van der Waals surface area contributed by atoms with E-state index in [-0.39, 0.29) is 31.0 Å². The molecule has 0 saturated carbocycles. The van der Waals surface area contributed by atoms with Gasteiger partial charge in [-0.25, -0.2) is 13.1 Å². The quantitative estimate of drug-likeness (QED) is 0.375. The molecule has 0 aliphatic carbocycles. The molecule has 0 fully saturated rings. The van der Waals surface area contributed by atoms with Gasteiger partial charge in [0.15, 0.2) is 5.69 Å². The zero-order chi connectivity index (χ0) is 22.1. The number of nitriles is 1. The second-order valence-electron chi connectivity index (χ2n) is 6.79. The van der Waals surface area contributed by atoms with Crippen molar-refractivity contribution in [3.63, 3.8) is 0 Å². The Morgan fingerprint density at radius 1 is 1.30 bits per heavy atom. The van der Waals surface area contributed by atoms with Gasteiger partial charge in [-0.15, -0.1) is 0 Å². The lowest BCUT2D eigenvalue weighted by Crippen LogP contribution is -2.49. The Labute approximate surface area is 174 Å². The predicted octanol–water partition coefficient (Wildman–Crippen LogP) is 0.803. The van der Waals surface area contributed by atoms with Crippen molar-refractivity contribution in [2.45, 2.75) is 43.9 Å². The van der Waals surface area contributed by atoms with Crippen molar-refractivity contribution >= 4 is 21.9 Å². The number of hydrogen-bond acceptors (Lipinski definition) is 8. The number of aliphatic hydroxyl groups is 2. The van der Waals surface area contributed by atoms with E-state index in [1.54, 1.807) is 0 Å². The molecule has 1 heterocycles. The first kappa shape index (κ1) is 23.3. The van der Waals surface area contributed by atoms with Crippen LogP contribution >= 0.6 is 0 Å². The number of aliphatic hydroxyl groups excluding tert-OH is 2. The van der Waals surface area contributed by atoms with Crippen molar-refractivity contribution in [3.8, 4) is 6.07 Å². The minimum absolute atomic E-state index is 0.189. The summed E-state index contributed by atoms with van der Waals surface area (Å²) in [4.78, 5) is 16.3. The number of anilines is 1. The number of hydrogen-bond donors (Lipinski definition) is 4. The summed E-state index contributed by atoms with van der Waals surface area (Å²) >= 11 is 0. The molecule has 0 saturated heterocycles. The number of rotatable bonds is 11. The molecule has 30 heavy (non-hydrogen) atoms. The maximum atomic E-state index is 12.6. The molecule has 0 aliphatic heterocycles. The number of carbonyl (C=O) groups is 1. The SMILES string of the molecule is CS(=O)(=O)Nc1nc(C(=O)NC(Cc2ccccc2)C(O)C(O)CCCC#N)co1. The van der Waals surface area contributed by atoms with E-state index >= 15 is 0 Å². The second kappa shape index (κ2) is 10.7. The van der Waals surface area contributed by atoms with E-state index in [0.717, 1.165) is 18.1 Å². The van der Waals surface area contributed by atoms with Gasteiger partial charge in [0.25, 0.3) is 5.91 Å². The van der Waals surface area contributed by atoms with Crippen molar-refractivity contribution in [1.29, 1.82) is 5.26 Å². The van der Waals surface area contributed by atoms with Crippen LogP contribution in [0.2, 0.25) is 0 Å². The minimum Gasteiger partial charge on any atom is -0.431 e. The Kier molecular flexibility index (Phi) is 8.35. The maximum absolute atomic E-state index is 12.6. The molecular weight excluding hydrogens is 412 g/mol. The lowest BCUT2D eigenvalue weighted by atomic mass is 9.95. The van der Waals surface area contributed by atoms with E-state index in [0.29, 0.717) is 6.42 Å². The fourth-order valence-electron chi connectivity index (χ4n) is 2.78. The molecule has 11 heteroatoms. The number of sulfonamides is 1. The molecule has 1 aromatic heterocycles. The smallest absolute Gasteiger partial charge is 0.309 e. The highest BCUT2D eigenvalue weighted by atomic mass is 32.2. The van der Waals surface area contributed by atoms with Gasteiger partial charge >= 0.3 is 6.01 Å². The van der Waals surface area contributed by atoms with Gasteiger partial charge < -0.3 is 19.9 Å². The average molecular weight is 436 g/mol. The molecule has 3 unspecified atom stereocenters. The van der Waals surface area contributed by atoms with Gasteiger partial charge in [0.2, 0.25) is 10.0 Å². The summed E-state index contributed by atoms with van der Waals surface area (Å²) in [6.45, 7) is 0. The van der Waals surface area contributed by atoms with Crippen LogP contribution in [0.15, 0.2) is 41.0 Å². The van der Waals surface area contributed by atoms with Crippen LogP contribution in [0, 0.1) is 11.3 Å². The van der Waals surface area contributed by atoms with Gasteiger partial charge in [-0.2, -0.15) is 10.2 Å². The van der Waals surface area contributed by atoms with Gasteiger partial charge in [-0.05, 0) is 24.8 Å². The summed E-state index contributed by atoms with van der Waals surface area (Å²) in [5, 5.41) is 32.1. The number of nitrogens with zero attached hydrogens (tertiary/aromatic N) is 2. The van der Waals surface area contributed by atoms with Crippen LogP contribution in [0.3, 0.4) is 0 Å². The van der Waals surface area contributed by atoms with Crippen molar-refractivity contribution < 1.29 is 27.8 Å². The summed E-state index contributed by atoms with van der Waals surface area (Å²) in [6.07, 6.45) is 0.534. The average Bonchev–Trinajstić information content (AvgIpc) is 3.14. The maximum Gasteiger partial charge on any atom is 0.309 e. The summed E-state index contributed by atoms with van der Waals surface area (Å²) in [7, 11) is -3.62. The van der Waals surface area contributed by atoms with Gasteiger partial charge in [0.05, 0.1) is 24.5 Å². The van der Waals surface area contributed by atoms with Crippen LogP contribution in [0.4, 0.5) is 6.01 Å². The number of amides is 1. The largest absolute Gasteiger partial charge is 0.431 e. The van der Waals surface area contributed by atoms with Gasteiger partial charge in [-0.3, -0.25) is 4.79 Å². The minimum atomic E-state index is -3.62. The number of unbranched alkanes of at least 4 members (excludes halogenated alkanes) is 1. The van der Waals surface area contributed by atoms with Crippen LogP contribution in [0.1, 0.15) is 35.3 Å². The molecule has 0 radical (unpaired) electrons. The van der Waals surface area contributed by atoms with Gasteiger partial charge in [0.1, 0.15) is 12.4 Å². The van der Waals surface area contributed by atoms with Crippen LogP contribution in [0.25, 0.3) is 0 Å². The lowest BCUT2D eigenvalue weighted by molar-refractivity contribution is -0.00792. The van der Waals surface area contributed by atoms with E-state index in [1.807, 2.05) is 41.1 Å². The molecule has 10 nitrogen and oxygen atoms in total. The Morgan fingerprint density at radius 3 is 2.63 bits per heavy atom. The molecule has 162 valence electrons. The monoisotopic (exact) mass is 436 g/mol. The number of benzene rings is 1. The van der Waals surface area contributed by atoms with Crippen molar-refractivity contribution in [1.82, 2.24) is 10.3 Å². The third-order valence-electron chi connectivity index (χ3n) is 4.22. The van der Waals surface area contributed by atoms with Gasteiger partial charge in [-0.1, -0.05) is 30.3 Å². The van der Waals surface area contributed by atoms with Crippen LogP contribution in [-0.4, -0.2) is 54.0 Å². The third-order valence-corrected chi connectivity index (χ3v) is 4.76. The Balaban J connectivity index is 2.13. The van der Waals surface area contributed by atoms with Crippen LogP contribution < -0.4 is 10.0 Å². The van der Waals surface area contributed by atoms with Crippen LogP contribution in [-0.2, 0) is 16.4 Å². The molecule has 1 amide bonds. The highest BCUT2D eigenvalue weighted by Crippen LogP contribution is 2.15. The highest BCUT2D eigenvalue weighted by molar-refractivity contribution is 7.91. The number of carbonyl (C=O) groups excluding carboxylic acids is 1. The molecule has 2 rings (SSSR count). The van der Waals surface area contributed by atoms with E-state index in [9.17, 15) is 23.4 Å². The van der Waals surface area contributed by atoms with E-state index in [4.69, 9.17) is 9.68 Å².